The van der Waals surface area contributed by atoms with Gasteiger partial charge in [0.05, 0.1) is 16.6 Å². The zero-order valence-corrected chi connectivity index (χ0v) is 10.9. The number of nitrogens with zero attached hydrogens (tertiary/aromatic N) is 3. The first kappa shape index (κ1) is 12.9. The Morgan fingerprint density at radius 2 is 2.00 bits per heavy atom. The summed E-state index contributed by atoms with van der Waals surface area (Å²) in [4.78, 5) is 8.15. The van der Waals surface area contributed by atoms with Gasteiger partial charge in [0.1, 0.15) is 5.82 Å². The molecule has 0 aliphatic rings. The maximum Gasteiger partial charge on any atom is 0.245 e. The minimum Gasteiger partial charge on any atom is -0.360 e. The molecule has 9 heteroatoms. The number of nitrogen functional groups attached to an aromatic ring is 1. The second-order valence-electron chi connectivity index (χ2n) is 3.38. The van der Waals surface area contributed by atoms with Crippen molar-refractivity contribution in [3.63, 3.8) is 0 Å². The van der Waals surface area contributed by atoms with Gasteiger partial charge in [-0.25, -0.2) is 10.8 Å². The monoisotopic (exact) mass is 288 g/mol. The average molecular weight is 289 g/mol. The van der Waals surface area contributed by atoms with Crippen molar-refractivity contribution in [1.29, 1.82) is 0 Å². The summed E-state index contributed by atoms with van der Waals surface area (Å²) in [5, 5.41) is 7.32. The first-order valence-corrected chi connectivity index (χ1v) is 5.71. The molecule has 96 valence electrons. The molecule has 2 rings (SSSR count). The Hall–Kier alpha value is -1.57. The third-order valence-corrected chi connectivity index (χ3v) is 2.62. The van der Waals surface area contributed by atoms with Crippen molar-refractivity contribution in [2.75, 3.05) is 10.7 Å². The van der Waals surface area contributed by atoms with Crippen LogP contribution in [0.2, 0.25) is 10.0 Å². The van der Waals surface area contributed by atoms with Gasteiger partial charge >= 0.3 is 0 Å². The summed E-state index contributed by atoms with van der Waals surface area (Å²) in [5.74, 6) is 7.01. The van der Waals surface area contributed by atoms with Gasteiger partial charge in [0, 0.05) is 0 Å². The number of hydrazine groups is 1. The molecule has 0 atom stereocenters. The van der Waals surface area contributed by atoms with Crippen molar-refractivity contribution >= 4 is 34.8 Å². The van der Waals surface area contributed by atoms with Gasteiger partial charge in [0.2, 0.25) is 5.89 Å². The molecule has 7 nitrogen and oxygen atoms in total. The van der Waals surface area contributed by atoms with Crippen LogP contribution in [-0.4, -0.2) is 15.1 Å². The van der Waals surface area contributed by atoms with Crippen molar-refractivity contribution in [2.24, 2.45) is 5.84 Å². The number of nitrogens with two attached hydrogens (primary N) is 1. The number of hydrogen-bond acceptors (Lipinski definition) is 7. The Morgan fingerprint density at radius 3 is 2.61 bits per heavy atom. The minimum absolute atomic E-state index is 0.305. The predicted molar refractivity (Wildman–Crippen MR) is 68.4 cm³/mol. The third-order valence-electron chi connectivity index (χ3n) is 2.04. The van der Waals surface area contributed by atoms with E-state index in [9.17, 15) is 0 Å². The summed E-state index contributed by atoms with van der Waals surface area (Å²) >= 11 is 11.8. The highest BCUT2D eigenvalue weighted by Gasteiger charge is 2.10. The van der Waals surface area contributed by atoms with Gasteiger partial charge in [-0.1, -0.05) is 28.4 Å². The van der Waals surface area contributed by atoms with Crippen LogP contribution in [0.15, 0.2) is 10.6 Å². The molecule has 0 aliphatic carbocycles. The highest BCUT2D eigenvalue weighted by atomic mass is 35.5. The standard InChI is InChI=1S/C9H10Cl2N6O/c1-4-14-7(18-17-4)3-13-8-5(10)2-6(11)9(15-8)16-12/h2H,3,12H2,1H3,(H2,13,15,16). The van der Waals surface area contributed by atoms with Crippen LogP contribution in [0.4, 0.5) is 11.6 Å². The van der Waals surface area contributed by atoms with Crippen molar-refractivity contribution < 1.29 is 4.52 Å². The number of halogens is 2. The zero-order chi connectivity index (χ0) is 13.1. The van der Waals surface area contributed by atoms with Crippen LogP contribution in [-0.2, 0) is 6.54 Å². The number of nitrogens with one attached hydrogen (secondary N) is 2. The van der Waals surface area contributed by atoms with E-state index < -0.39 is 0 Å². The SMILES string of the molecule is Cc1noc(CNc2nc(NN)c(Cl)cc2Cl)n1. The van der Waals surface area contributed by atoms with Gasteiger partial charge in [-0.15, -0.1) is 0 Å². The Labute approximate surface area is 113 Å². The normalized spacial score (nSPS) is 10.4. The van der Waals surface area contributed by atoms with Gasteiger partial charge in [-0.3, -0.25) is 0 Å². The lowest BCUT2D eigenvalue weighted by atomic mass is 10.4. The summed E-state index contributed by atoms with van der Waals surface area (Å²) in [6.07, 6.45) is 0. The largest absolute Gasteiger partial charge is 0.360 e. The Morgan fingerprint density at radius 1 is 1.28 bits per heavy atom. The maximum absolute atomic E-state index is 5.99. The molecule has 2 heterocycles. The average Bonchev–Trinajstić information content (AvgIpc) is 2.74. The summed E-state index contributed by atoms with van der Waals surface area (Å²) < 4.78 is 4.95. The van der Waals surface area contributed by atoms with E-state index in [0.29, 0.717) is 39.9 Å². The van der Waals surface area contributed by atoms with E-state index in [1.54, 1.807) is 6.92 Å². The van der Waals surface area contributed by atoms with Crippen molar-refractivity contribution in [2.45, 2.75) is 13.5 Å². The van der Waals surface area contributed by atoms with Crippen molar-refractivity contribution in [3.05, 3.63) is 27.8 Å². The molecule has 0 fully saturated rings. The molecule has 0 aliphatic heterocycles. The lowest BCUT2D eigenvalue weighted by Gasteiger charge is -2.08. The smallest absolute Gasteiger partial charge is 0.245 e. The van der Waals surface area contributed by atoms with Gasteiger partial charge in [0.25, 0.3) is 0 Å². The molecule has 0 unspecified atom stereocenters. The molecule has 4 N–H and O–H groups in total. The Kier molecular flexibility index (Phi) is 3.85. The Bertz CT molecular complexity index is 558. The predicted octanol–water partition coefficient (Wildman–Crippen LogP) is 1.98. The van der Waals surface area contributed by atoms with Crippen LogP contribution in [0.5, 0.6) is 0 Å². The van der Waals surface area contributed by atoms with E-state index in [0.717, 1.165) is 0 Å². The molecule has 0 saturated carbocycles. The van der Waals surface area contributed by atoms with Crippen LogP contribution >= 0.6 is 23.2 Å². The maximum atomic E-state index is 5.99. The molecule has 0 aromatic carbocycles. The van der Waals surface area contributed by atoms with Crippen LogP contribution < -0.4 is 16.6 Å². The van der Waals surface area contributed by atoms with E-state index in [1.807, 2.05) is 0 Å². The van der Waals surface area contributed by atoms with Crippen molar-refractivity contribution in [1.82, 2.24) is 15.1 Å². The zero-order valence-electron chi connectivity index (χ0n) is 9.37. The van der Waals surface area contributed by atoms with Crippen molar-refractivity contribution in [3.8, 4) is 0 Å². The molecule has 0 radical (unpaired) electrons. The first-order valence-electron chi connectivity index (χ1n) is 4.96. The molecule has 0 amide bonds. The fourth-order valence-electron chi connectivity index (χ4n) is 1.26. The number of pyridine rings is 1. The fourth-order valence-corrected chi connectivity index (χ4v) is 1.74. The van der Waals surface area contributed by atoms with E-state index in [-0.39, 0.29) is 0 Å². The topological polar surface area (TPSA) is 102 Å². The van der Waals surface area contributed by atoms with Crippen LogP contribution in [0.1, 0.15) is 11.7 Å². The van der Waals surface area contributed by atoms with Crippen LogP contribution in [0, 0.1) is 6.92 Å². The molecule has 18 heavy (non-hydrogen) atoms. The summed E-state index contributed by atoms with van der Waals surface area (Å²) in [6.45, 7) is 2.04. The molecular weight excluding hydrogens is 279 g/mol. The molecule has 2 aromatic rings. The molecular formula is C9H10Cl2N6O. The minimum atomic E-state index is 0.305. The number of anilines is 2. The second kappa shape index (κ2) is 5.38. The Balaban J connectivity index is 2.13. The lowest BCUT2D eigenvalue weighted by Crippen LogP contribution is -2.11. The number of rotatable bonds is 4. The first-order chi connectivity index (χ1) is 8.60. The van der Waals surface area contributed by atoms with E-state index in [1.165, 1.54) is 6.07 Å². The summed E-state index contributed by atoms with van der Waals surface area (Å²) in [6, 6.07) is 1.53. The van der Waals surface area contributed by atoms with Crippen LogP contribution in [0.25, 0.3) is 0 Å². The fraction of sp³-hybridized carbons (Fsp3) is 0.222. The van der Waals surface area contributed by atoms with Gasteiger partial charge in [-0.2, -0.15) is 4.98 Å². The van der Waals surface area contributed by atoms with E-state index >= 15 is 0 Å². The third kappa shape index (κ3) is 2.81. The van der Waals surface area contributed by atoms with E-state index in [4.69, 9.17) is 33.6 Å². The number of aryl methyl sites for hydroxylation is 1. The number of aromatic nitrogens is 3. The molecule has 0 bridgehead atoms. The van der Waals surface area contributed by atoms with Crippen LogP contribution in [0.3, 0.4) is 0 Å². The van der Waals surface area contributed by atoms with Gasteiger partial charge < -0.3 is 15.3 Å². The van der Waals surface area contributed by atoms with Gasteiger partial charge in [0.15, 0.2) is 11.6 Å². The molecule has 0 saturated heterocycles. The molecule has 2 aromatic heterocycles. The highest BCUT2D eigenvalue weighted by molar-refractivity contribution is 6.37. The number of hydrogen-bond donors (Lipinski definition) is 3. The highest BCUT2D eigenvalue weighted by Crippen LogP contribution is 2.28. The quantitative estimate of drug-likeness (QED) is 0.584. The van der Waals surface area contributed by atoms with E-state index in [2.05, 4.69) is 25.9 Å². The van der Waals surface area contributed by atoms with Gasteiger partial charge in [-0.05, 0) is 13.0 Å². The summed E-state index contributed by atoms with van der Waals surface area (Å²) in [5.41, 5.74) is 2.37. The second-order valence-corrected chi connectivity index (χ2v) is 4.20. The molecule has 0 spiro atoms. The summed E-state index contributed by atoms with van der Waals surface area (Å²) in [7, 11) is 0. The lowest BCUT2D eigenvalue weighted by molar-refractivity contribution is 0.379.